The van der Waals surface area contributed by atoms with Crippen LogP contribution in [0.3, 0.4) is 0 Å². The summed E-state index contributed by atoms with van der Waals surface area (Å²) in [6.07, 6.45) is 2.57. The Morgan fingerprint density at radius 3 is 2.71 bits per heavy atom. The number of anilines is 1. The number of nitrogens with zero attached hydrogens (tertiary/aromatic N) is 2. The van der Waals surface area contributed by atoms with E-state index >= 15 is 0 Å². The number of benzene rings is 1. The SMILES string of the molecule is ClCc1cc(N2CCCC2)c2ccccc2n1. The van der Waals surface area contributed by atoms with Crippen LogP contribution < -0.4 is 4.90 Å². The van der Waals surface area contributed by atoms with E-state index in [1.54, 1.807) is 0 Å². The van der Waals surface area contributed by atoms with Crippen molar-refractivity contribution in [1.82, 2.24) is 4.98 Å². The summed E-state index contributed by atoms with van der Waals surface area (Å²) in [6.45, 7) is 2.30. The van der Waals surface area contributed by atoms with E-state index < -0.39 is 0 Å². The molecule has 3 rings (SSSR count). The Kier molecular flexibility index (Phi) is 2.89. The highest BCUT2D eigenvalue weighted by atomic mass is 35.5. The van der Waals surface area contributed by atoms with Crippen LogP contribution in [-0.2, 0) is 5.88 Å². The summed E-state index contributed by atoms with van der Waals surface area (Å²) >= 11 is 5.92. The van der Waals surface area contributed by atoms with Gasteiger partial charge in [-0.1, -0.05) is 18.2 Å². The van der Waals surface area contributed by atoms with Gasteiger partial charge < -0.3 is 4.90 Å². The largest absolute Gasteiger partial charge is 0.371 e. The van der Waals surface area contributed by atoms with Crippen LogP contribution >= 0.6 is 11.6 Å². The molecule has 0 bridgehead atoms. The van der Waals surface area contributed by atoms with Crippen molar-refractivity contribution in [3.8, 4) is 0 Å². The predicted octanol–water partition coefficient (Wildman–Crippen LogP) is 3.57. The van der Waals surface area contributed by atoms with Gasteiger partial charge in [0.05, 0.1) is 17.1 Å². The number of alkyl halides is 1. The summed E-state index contributed by atoms with van der Waals surface area (Å²) in [5, 5.41) is 1.24. The number of halogens is 1. The molecule has 3 heteroatoms. The topological polar surface area (TPSA) is 16.1 Å². The highest BCUT2D eigenvalue weighted by molar-refractivity contribution is 6.17. The van der Waals surface area contributed by atoms with Gasteiger partial charge in [-0.05, 0) is 25.0 Å². The van der Waals surface area contributed by atoms with E-state index in [2.05, 4.69) is 34.1 Å². The van der Waals surface area contributed by atoms with Crippen LogP contribution in [0.15, 0.2) is 30.3 Å². The third-order valence-electron chi connectivity index (χ3n) is 3.33. The Labute approximate surface area is 106 Å². The zero-order chi connectivity index (χ0) is 11.7. The zero-order valence-corrected chi connectivity index (χ0v) is 10.5. The Bertz CT molecular complexity index is 533. The van der Waals surface area contributed by atoms with E-state index in [4.69, 9.17) is 11.6 Å². The first-order valence-electron chi connectivity index (χ1n) is 6.08. The lowest BCUT2D eigenvalue weighted by molar-refractivity contribution is 0.949. The normalized spacial score (nSPS) is 15.7. The Hall–Kier alpha value is -1.28. The van der Waals surface area contributed by atoms with Gasteiger partial charge in [0.25, 0.3) is 0 Å². The molecule has 1 fully saturated rings. The van der Waals surface area contributed by atoms with E-state index in [1.165, 1.54) is 23.9 Å². The Morgan fingerprint density at radius 1 is 1.18 bits per heavy atom. The predicted molar refractivity (Wildman–Crippen MR) is 72.7 cm³/mol. The standard InChI is InChI=1S/C14H15ClN2/c15-10-11-9-14(17-7-3-4-8-17)12-5-1-2-6-13(12)16-11/h1-2,5-6,9H,3-4,7-8,10H2. The maximum atomic E-state index is 5.92. The summed E-state index contributed by atoms with van der Waals surface area (Å²) in [5.41, 5.74) is 3.31. The lowest BCUT2D eigenvalue weighted by atomic mass is 10.1. The second kappa shape index (κ2) is 4.53. The van der Waals surface area contributed by atoms with Gasteiger partial charge in [-0.15, -0.1) is 11.6 Å². The molecule has 1 aromatic heterocycles. The third kappa shape index (κ3) is 1.98. The minimum absolute atomic E-state index is 0.478. The minimum Gasteiger partial charge on any atom is -0.371 e. The first kappa shape index (κ1) is 10.8. The maximum absolute atomic E-state index is 5.92. The van der Waals surface area contributed by atoms with Crippen LogP contribution in [-0.4, -0.2) is 18.1 Å². The van der Waals surface area contributed by atoms with E-state index in [9.17, 15) is 0 Å². The molecule has 0 radical (unpaired) electrons. The van der Waals surface area contributed by atoms with Crippen molar-refractivity contribution in [1.29, 1.82) is 0 Å². The van der Waals surface area contributed by atoms with Crippen molar-refractivity contribution in [2.24, 2.45) is 0 Å². The molecule has 0 unspecified atom stereocenters. The second-order valence-corrected chi connectivity index (χ2v) is 4.74. The number of rotatable bonds is 2. The molecule has 0 saturated carbocycles. The summed E-state index contributed by atoms with van der Waals surface area (Å²) in [5.74, 6) is 0.478. The molecule has 0 spiro atoms. The average molecular weight is 247 g/mol. The number of aromatic nitrogens is 1. The molecule has 17 heavy (non-hydrogen) atoms. The number of hydrogen-bond acceptors (Lipinski definition) is 2. The molecule has 88 valence electrons. The van der Waals surface area contributed by atoms with E-state index in [0.717, 1.165) is 24.3 Å². The van der Waals surface area contributed by atoms with Gasteiger partial charge in [-0.25, -0.2) is 0 Å². The zero-order valence-electron chi connectivity index (χ0n) is 9.69. The molecular formula is C14H15ClN2. The van der Waals surface area contributed by atoms with Gasteiger partial charge >= 0.3 is 0 Å². The van der Waals surface area contributed by atoms with Crippen molar-refractivity contribution in [3.05, 3.63) is 36.0 Å². The van der Waals surface area contributed by atoms with Crippen LogP contribution in [0.1, 0.15) is 18.5 Å². The fraction of sp³-hybridized carbons (Fsp3) is 0.357. The van der Waals surface area contributed by atoms with Crippen LogP contribution in [0.4, 0.5) is 5.69 Å². The molecule has 0 N–H and O–H groups in total. The number of para-hydroxylation sites is 1. The number of fused-ring (bicyclic) bond motifs is 1. The van der Waals surface area contributed by atoms with E-state index in [0.29, 0.717) is 5.88 Å². The van der Waals surface area contributed by atoms with Crippen molar-refractivity contribution in [3.63, 3.8) is 0 Å². The van der Waals surface area contributed by atoms with Crippen molar-refractivity contribution in [2.75, 3.05) is 18.0 Å². The molecule has 0 aliphatic carbocycles. The molecule has 2 heterocycles. The molecule has 2 aromatic rings. The summed E-state index contributed by atoms with van der Waals surface area (Å²) in [7, 11) is 0. The fourth-order valence-corrected chi connectivity index (χ4v) is 2.64. The van der Waals surface area contributed by atoms with Gasteiger partial charge in [0.1, 0.15) is 0 Å². The fourth-order valence-electron chi connectivity index (χ4n) is 2.50. The van der Waals surface area contributed by atoms with Gasteiger partial charge in [0, 0.05) is 24.2 Å². The van der Waals surface area contributed by atoms with Crippen LogP contribution in [0, 0.1) is 0 Å². The molecule has 0 atom stereocenters. The molecular weight excluding hydrogens is 232 g/mol. The van der Waals surface area contributed by atoms with Crippen LogP contribution in [0.25, 0.3) is 10.9 Å². The van der Waals surface area contributed by atoms with Crippen LogP contribution in [0.2, 0.25) is 0 Å². The monoisotopic (exact) mass is 246 g/mol. The lowest BCUT2D eigenvalue weighted by Crippen LogP contribution is -2.18. The van der Waals surface area contributed by atoms with Crippen molar-refractivity contribution < 1.29 is 0 Å². The highest BCUT2D eigenvalue weighted by Crippen LogP contribution is 2.29. The molecule has 1 aromatic carbocycles. The van der Waals surface area contributed by atoms with Gasteiger partial charge in [0.2, 0.25) is 0 Å². The number of pyridine rings is 1. The summed E-state index contributed by atoms with van der Waals surface area (Å²) < 4.78 is 0. The quantitative estimate of drug-likeness (QED) is 0.753. The number of hydrogen-bond donors (Lipinski definition) is 0. The molecule has 2 nitrogen and oxygen atoms in total. The summed E-state index contributed by atoms with van der Waals surface area (Å²) in [4.78, 5) is 7.01. The molecule has 0 amide bonds. The van der Waals surface area contributed by atoms with Gasteiger partial charge in [-0.2, -0.15) is 0 Å². The summed E-state index contributed by atoms with van der Waals surface area (Å²) in [6, 6.07) is 10.4. The van der Waals surface area contributed by atoms with E-state index in [1.807, 2.05) is 6.07 Å². The third-order valence-corrected chi connectivity index (χ3v) is 3.60. The molecule has 1 aliphatic rings. The Morgan fingerprint density at radius 2 is 1.94 bits per heavy atom. The molecule has 1 aliphatic heterocycles. The second-order valence-electron chi connectivity index (χ2n) is 4.48. The van der Waals surface area contributed by atoms with Crippen molar-refractivity contribution >= 4 is 28.2 Å². The smallest absolute Gasteiger partial charge is 0.0726 e. The van der Waals surface area contributed by atoms with Crippen molar-refractivity contribution in [2.45, 2.75) is 18.7 Å². The van der Waals surface area contributed by atoms with E-state index in [-0.39, 0.29) is 0 Å². The average Bonchev–Trinajstić information content (AvgIpc) is 2.91. The minimum atomic E-state index is 0.478. The molecule has 1 saturated heterocycles. The maximum Gasteiger partial charge on any atom is 0.0726 e. The van der Waals surface area contributed by atoms with Crippen LogP contribution in [0.5, 0.6) is 0 Å². The first-order chi connectivity index (χ1) is 8.38. The highest BCUT2D eigenvalue weighted by Gasteiger charge is 2.16. The first-order valence-corrected chi connectivity index (χ1v) is 6.61. The van der Waals surface area contributed by atoms with Gasteiger partial charge in [-0.3, -0.25) is 4.98 Å². The Balaban J connectivity index is 2.19. The lowest BCUT2D eigenvalue weighted by Gasteiger charge is -2.20. The van der Waals surface area contributed by atoms with Gasteiger partial charge in [0.15, 0.2) is 0 Å².